The highest BCUT2D eigenvalue weighted by Gasteiger charge is 2.30. The first-order chi connectivity index (χ1) is 9.49. The van der Waals surface area contributed by atoms with Gasteiger partial charge >= 0.3 is 0 Å². The summed E-state index contributed by atoms with van der Waals surface area (Å²) in [5.74, 6) is -0.132. The Morgan fingerprint density at radius 3 is 2.90 bits per heavy atom. The molecule has 2 amide bonds. The highest BCUT2D eigenvalue weighted by molar-refractivity contribution is 6.35. The molecule has 1 aliphatic rings. The van der Waals surface area contributed by atoms with E-state index in [0.29, 0.717) is 29.4 Å². The second-order valence-corrected chi connectivity index (χ2v) is 5.71. The lowest BCUT2D eigenvalue weighted by Gasteiger charge is -2.31. The van der Waals surface area contributed by atoms with Crippen molar-refractivity contribution in [2.45, 2.75) is 31.8 Å². The van der Waals surface area contributed by atoms with Crippen molar-refractivity contribution >= 4 is 35.0 Å². The van der Waals surface area contributed by atoms with Crippen molar-refractivity contribution in [3.8, 4) is 0 Å². The van der Waals surface area contributed by atoms with Crippen molar-refractivity contribution in [2.75, 3.05) is 7.05 Å². The monoisotopic (exact) mass is 314 g/mol. The van der Waals surface area contributed by atoms with Crippen LogP contribution in [0.25, 0.3) is 0 Å². The fraction of sp³-hybridized carbons (Fsp3) is 0.429. The number of likely N-dealkylation sites (tertiary alicyclic amines) is 1. The number of carbonyl (C=O) groups excluding carboxylic acids is 2. The summed E-state index contributed by atoms with van der Waals surface area (Å²) in [4.78, 5) is 25.2. The quantitative estimate of drug-likeness (QED) is 0.932. The van der Waals surface area contributed by atoms with E-state index in [9.17, 15) is 9.59 Å². The molecular weight excluding hydrogens is 299 g/mol. The Labute approximate surface area is 128 Å². The van der Waals surface area contributed by atoms with Gasteiger partial charge in [0.2, 0.25) is 11.8 Å². The number of carbonyl (C=O) groups is 2. The van der Waals surface area contributed by atoms with Gasteiger partial charge in [0.15, 0.2) is 0 Å². The van der Waals surface area contributed by atoms with Gasteiger partial charge in [0.25, 0.3) is 0 Å². The first-order valence-electron chi connectivity index (χ1n) is 6.46. The molecule has 0 saturated carbocycles. The molecule has 0 spiro atoms. The van der Waals surface area contributed by atoms with E-state index in [1.807, 2.05) is 0 Å². The Kier molecular flexibility index (Phi) is 4.89. The summed E-state index contributed by atoms with van der Waals surface area (Å²) in [7, 11) is 1.67. The van der Waals surface area contributed by atoms with Gasteiger partial charge in [-0.3, -0.25) is 9.59 Å². The summed E-state index contributed by atoms with van der Waals surface area (Å²) in [6.07, 6.45) is 1.97. The number of hydrogen-bond donors (Lipinski definition) is 1. The SMILES string of the molecule is CN1C(=O)CCCC1C(=O)NCc1ccc(Cl)cc1Cl. The third-order valence-corrected chi connectivity index (χ3v) is 4.09. The van der Waals surface area contributed by atoms with Crippen LogP contribution in [0.5, 0.6) is 0 Å². The summed E-state index contributed by atoms with van der Waals surface area (Å²) in [6.45, 7) is 0.327. The number of rotatable bonds is 3. The molecular formula is C14H16Cl2N2O2. The molecule has 6 heteroatoms. The minimum absolute atomic E-state index is 0.0147. The number of nitrogens with one attached hydrogen (secondary N) is 1. The molecule has 1 unspecified atom stereocenters. The maximum Gasteiger partial charge on any atom is 0.243 e. The van der Waals surface area contributed by atoms with E-state index in [0.717, 1.165) is 12.0 Å². The standard InChI is InChI=1S/C14H16Cl2N2O2/c1-18-12(3-2-4-13(18)19)14(20)17-8-9-5-6-10(15)7-11(9)16/h5-7,12H,2-4,8H2,1H3,(H,17,20). The summed E-state index contributed by atoms with van der Waals surface area (Å²) in [6, 6.07) is 4.76. The van der Waals surface area contributed by atoms with E-state index >= 15 is 0 Å². The fourth-order valence-corrected chi connectivity index (χ4v) is 2.74. The van der Waals surface area contributed by atoms with Crippen LogP contribution < -0.4 is 5.32 Å². The van der Waals surface area contributed by atoms with Crippen molar-refractivity contribution in [1.29, 1.82) is 0 Å². The van der Waals surface area contributed by atoms with E-state index in [-0.39, 0.29) is 17.9 Å². The second-order valence-electron chi connectivity index (χ2n) is 4.87. The predicted octanol–water partition coefficient (Wildman–Crippen LogP) is 2.62. The van der Waals surface area contributed by atoms with Crippen LogP contribution in [-0.4, -0.2) is 29.8 Å². The minimum Gasteiger partial charge on any atom is -0.350 e. The molecule has 4 nitrogen and oxygen atoms in total. The van der Waals surface area contributed by atoms with Crippen molar-refractivity contribution in [2.24, 2.45) is 0 Å². The molecule has 0 aliphatic carbocycles. The van der Waals surface area contributed by atoms with Crippen molar-refractivity contribution in [1.82, 2.24) is 10.2 Å². The molecule has 1 N–H and O–H groups in total. The van der Waals surface area contributed by atoms with E-state index in [1.165, 1.54) is 4.90 Å². The fourth-order valence-electron chi connectivity index (χ4n) is 2.26. The van der Waals surface area contributed by atoms with Crippen molar-refractivity contribution in [3.05, 3.63) is 33.8 Å². The number of likely N-dealkylation sites (N-methyl/N-ethyl adjacent to an activating group) is 1. The molecule has 1 fully saturated rings. The normalized spacial score (nSPS) is 19.1. The van der Waals surface area contributed by atoms with Gasteiger partial charge in [-0.2, -0.15) is 0 Å². The maximum atomic E-state index is 12.1. The third kappa shape index (κ3) is 3.44. The van der Waals surface area contributed by atoms with Gasteiger partial charge in [0, 0.05) is 30.1 Å². The van der Waals surface area contributed by atoms with Crippen molar-refractivity contribution < 1.29 is 9.59 Å². The summed E-state index contributed by atoms with van der Waals surface area (Å²) in [5.41, 5.74) is 0.800. The topological polar surface area (TPSA) is 49.4 Å². The van der Waals surface area contributed by atoms with Crippen LogP contribution >= 0.6 is 23.2 Å². The average molecular weight is 315 g/mol. The molecule has 0 aromatic heterocycles. The smallest absolute Gasteiger partial charge is 0.243 e. The number of nitrogens with zero attached hydrogens (tertiary/aromatic N) is 1. The first kappa shape index (κ1) is 15.1. The largest absolute Gasteiger partial charge is 0.350 e. The summed E-state index contributed by atoms with van der Waals surface area (Å²) >= 11 is 11.9. The van der Waals surface area contributed by atoms with Crippen LogP contribution in [0.2, 0.25) is 10.0 Å². The van der Waals surface area contributed by atoms with Gasteiger partial charge in [-0.05, 0) is 30.5 Å². The minimum atomic E-state index is -0.387. The zero-order chi connectivity index (χ0) is 14.7. The van der Waals surface area contributed by atoms with Gasteiger partial charge in [-0.25, -0.2) is 0 Å². The lowest BCUT2D eigenvalue weighted by Crippen LogP contribution is -2.49. The highest BCUT2D eigenvalue weighted by atomic mass is 35.5. The van der Waals surface area contributed by atoms with Crippen LogP contribution in [-0.2, 0) is 16.1 Å². The van der Waals surface area contributed by atoms with E-state index < -0.39 is 0 Å². The molecule has 1 aromatic carbocycles. The van der Waals surface area contributed by atoms with E-state index in [2.05, 4.69) is 5.32 Å². The highest BCUT2D eigenvalue weighted by Crippen LogP contribution is 2.21. The van der Waals surface area contributed by atoms with Gasteiger partial charge in [-0.15, -0.1) is 0 Å². The summed E-state index contributed by atoms with van der Waals surface area (Å²) < 4.78 is 0. The molecule has 1 heterocycles. The van der Waals surface area contributed by atoms with Gasteiger partial charge in [0.05, 0.1) is 0 Å². The zero-order valence-electron chi connectivity index (χ0n) is 11.2. The molecule has 1 saturated heterocycles. The number of amides is 2. The molecule has 1 aliphatic heterocycles. The Bertz CT molecular complexity index is 534. The van der Waals surface area contributed by atoms with Gasteiger partial charge in [0.1, 0.15) is 6.04 Å². The number of benzene rings is 1. The number of hydrogen-bond acceptors (Lipinski definition) is 2. The Balaban J connectivity index is 1.96. The van der Waals surface area contributed by atoms with Gasteiger partial charge < -0.3 is 10.2 Å². The Hall–Kier alpha value is -1.26. The average Bonchev–Trinajstić information content (AvgIpc) is 2.40. The number of piperidine rings is 1. The predicted molar refractivity (Wildman–Crippen MR) is 78.7 cm³/mol. The molecule has 108 valence electrons. The van der Waals surface area contributed by atoms with E-state index in [1.54, 1.807) is 25.2 Å². The lowest BCUT2D eigenvalue weighted by atomic mass is 10.0. The first-order valence-corrected chi connectivity index (χ1v) is 7.22. The third-order valence-electron chi connectivity index (χ3n) is 3.50. The summed E-state index contributed by atoms with van der Waals surface area (Å²) in [5, 5.41) is 3.90. The molecule has 2 rings (SSSR count). The molecule has 1 aromatic rings. The molecule has 0 radical (unpaired) electrons. The molecule has 1 atom stereocenters. The molecule has 0 bridgehead atoms. The number of halogens is 2. The van der Waals surface area contributed by atoms with Crippen LogP contribution in [0.1, 0.15) is 24.8 Å². The zero-order valence-corrected chi connectivity index (χ0v) is 12.7. The van der Waals surface area contributed by atoms with Crippen LogP contribution in [0.15, 0.2) is 18.2 Å². The van der Waals surface area contributed by atoms with Crippen molar-refractivity contribution in [3.63, 3.8) is 0 Å². The lowest BCUT2D eigenvalue weighted by molar-refractivity contribution is -0.142. The van der Waals surface area contributed by atoms with Gasteiger partial charge in [-0.1, -0.05) is 29.3 Å². The second kappa shape index (κ2) is 6.46. The Morgan fingerprint density at radius 2 is 2.20 bits per heavy atom. The Morgan fingerprint density at radius 1 is 1.45 bits per heavy atom. The maximum absolute atomic E-state index is 12.1. The molecule has 20 heavy (non-hydrogen) atoms. The van der Waals surface area contributed by atoms with Crippen LogP contribution in [0.4, 0.5) is 0 Å². The van der Waals surface area contributed by atoms with E-state index in [4.69, 9.17) is 23.2 Å². The van der Waals surface area contributed by atoms with Crippen LogP contribution in [0, 0.1) is 0 Å². The van der Waals surface area contributed by atoms with Crippen LogP contribution in [0.3, 0.4) is 0 Å².